The summed E-state index contributed by atoms with van der Waals surface area (Å²) in [5.74, 6) is 1.48. The van der Waals surface area contributed by atoms with Crippen LogP contribution >= 0.6 is 0 Å². The Labute approximate surface area is 213 Å². The van der Waals surface area contributed by atoms with Gasteiger partial charge in [-0.3, -0.25) is 14.4 Å². The molecule has 5 rings (SSSR count). The number of piperidine rings is 1. The molecule has 1 amide bonds. The molecule has 190 valence electrons. The first-order valence-electron chi connectivity index (χ1n) is 13.2. The zero-order valence-electron chi connectivity index (χ0n) is 21.4. The maximum absolute atomic E-state index is 13.7. The highest BCUT2D eigenvalue weighted by Gasteiger charge is 2.40. The molecule has 0 saturated carbocycles. The molecule has 1 aromatic heterocycles. The normalized spacial score (nSPS) is 18.8. The minimum absolute atomic E-state index is 0.162. The number of nitrogens with one attached hydrogen (secondary N) is 1. The summed E-state index contributed by atoms with van der Waals surface area (Å²) >= 11 is 0. The maximum atomic E-state index is 13.7. The quantitative estimate of drug-likeness (QED) is 0.581. The molecule has 36 heavy (non-hydrogen) atoms. The lowest BCUT2D eigenvalue weighted by atomic mass is 9.73. The van der Waals surface area contributed by atoms with Crippen molar-refractivity contribution in [3.63, 3.8) is 0 Å². The lowest BCUT2D eigenvalue weighted by molar-refractivity contribution is -0.135. The van der Waals surface area contributed by atoms with E-state index < -0.39 is 0 Å². The lowest BCUT2D eigenvalue weighted by Gasteiger charge is -2.41. The van der Waals surface area contributed by atoms with Gasteiger partial charge in [-0.05, 0) is 61.9 Å². The van der Waals surface area contributed by atoms with Gasteiger partial charge in [0.1, 0.15) is 18.1 Å². The van der Waals surface area contributed by atoms with Crippen LogP contribution in [0, 0.1) is 5.41 Å². The fourth-order valence-electron chi connectivity index (χ4n) is 5.39. The number of ether oxygens (including phenoxy) is 1. The van der Waals surface area contributed by atoms with Crippen LogP contribution in [0.1, 0.15) is 67.8 Å². The summed E-state index contributed by atoms with van der Waals surface area (Å²) in [5, 5.41) is 11.8. The van der Waals surface area contributed by atoms with E-state index in [1.165, 1.54) is 11.1 Å². The molecule has 0 atom stereocenters. The number of para-hydroxylation sites is 1. The molecule has 2 aromatic carbocycles. The van der Waals surface area contributed by atoms with Crippen LogP contribution in [0.4, 0.5) is 0 Å². The van der Waals surface area contributed by atoms with E-state index in [-0.39, 0.29) is 11.3 Å². The zero-order valence-corrected chi connectivity index (χ0v) is 21.4. The van der Waals surface area contributed by atoms with E-state index in [2.05, 4.69) is 58.6 Å². The van der Waals surface area contributed by atoms with Crippen LogP contribution in [-0.4, -0.2) is 38.9 Å². The fraction of sp³-hybridized carbons (Fsp3) is 0.483. The summed E-state index contributed by atoms with van der Waals surface area (Å²) in [6.07, 6.45) is 5.43. The van der Waals surface area contributed by atoms with Crippen LogP contribution in [0.5, 0.6) is 5.75 Å². The Kier molecular flexibility index (Phi) is 7.37. The second kappa shape index (κ2) is 10.8. The summed E-state index contributed by atoms with van der Waals surface area (Å²) in [7, 11) is 0. The Morgan fingerprint density at radius 2 is 1.81 bits per heavy atom. The molecule has 1 spiro atoms. The fourth-order valence-corrected chi connectivity index (χ4v) is 5.39. The number of hydrogen-bond donors (Lipinski definition) is 1. The van der Waals surface area contributed by atoms with Gasteiger partial charge in [-0.15, -0.1) is 5.10 Å². The Balaban J connectivity index is 1.29. The molecule has 0 radical (unpaired) electrons. The minimum atomic E-state index is -0.360. The third-order valence-corrected chi connectivity index (χ3v) is 7.76. The first-order valence-corrected chi connectivity index (χ1v) is 13.2. The van der Waals surface area contributed by atoms with Gasteiger partial charge >= 0.3 is 0 Å². The Morgan fingerprint density at radius 1 is 1.03 bits per heavy atom. The van der Waals surface area contributed by atoms with Crippen LogP contribution in [0.2, 0.25) is 0 Å². The standard InChI is InChI=1S/C29H37N5O2/c1-22(2)24-10-8-23(9-11-24)19-33-16-13-29(14-17-33)12-5-15-34-20-26(31-32-34)21-36-27-7-4-3-6-25(27)18-30-28(29)35/h3-4,6-11,20,22H,5,12-19,21H2,1-2H3,(H,30,35). The average molecular weight is 488 g/mol. The summed E-state index contributed by atoms with van der Waals surface area (Å²) in [4.78, 5) is 16.1. The Hall–Kier alpha value is -3.19. The van der Waals surface area contributed by atoms with Crippen LogP contribution in [-0.2, 0) is 31.0 Å². The van der Waals surface area contributed by atoms with Gasteiger partial charge in [0.05, 0.1) is 11.6 Å². The third kappa shape index (κ3) is 5.62. The molecule has 1 N–H and O–H groups in total. The molecule has 3 heterocycles. The van der Waals surface area contributed by atoms with Crippen LogP contribution in [0.3, 0.4) is 0 Å². The van der Waals surface area contributed by atoms with E-state index in [4.69, 9.17) is 4.74 Å². The Bertz CT molecular complexity index is 1160. The predicted octanol–water partition coefficient (Wildman–Crippen LogP) is 4.67. The van der Waals surface area contributed by atoms with E-state index >= 15 is 0 Å². The van der Waals surface area contributed by atoms with Crippen molar-refractivity contribution in [1.29, 1.82) is 0 Å². The maximum Gasteiger partial charge on any atom is 0.226 e. The van der Waals surface area contributed by atoms with Crippen molar-refractivity contribution in [2.24, 2.45) is 5.41 Å². The zero-order chi connectivity index (χ0) is 25.0. The number of fused-ring (bicyclic) bond motifs is 3. The molecule has 0 aliphatic carbocycles. The van der Waals surface area contributed by atoms with Crippen molar-refractivity contribution >= 4 is 5.91 Å². The molecular formula is C29H37N5O2. The van der Waals surface area contributed by atoms with E-state index in [1.807, 2.05) is 35.1 Å². The predicted molar refractivity (Wildman–Crippen MR) is 139 cm³/mol. The van der Waals surface area contributed by atoms with E-state index in [9.17, 15) is 4.79 Å². The first kappa shape index (κ1) is 24.5. The van der Waals surface area contributed by atoms with Crippen molar-refractivity contribution in [1.82, 2.24) is 25.2 Å². The van der Waals surface area contributed by atoms with Gasteiger partial charge in [-0.1, -0.05) is 61.5 Å². The highest BCUT2D eigenvalue weighted by atomic mass is 16.5. The summed E-state index contributed by atoms with van der Waals surface area (Å²) in [6, 6.07) is 16.9. The molecule has 2 aliphatic heterocycles. The lowest BCUT2D eigenvalue weighted by Crippen LogP contribution is -2.48. The van der Waals surface area contributed by atoms with E-state index in [0.717, 1.165) is 68.9 Å². The van der Waals surface area contributed by atoms with Gasteiger partial charge in [-0.2, -0.15) is 0 Å². The van der Waals surface area contributed by atoms with E-state index in [0.29, 0.717) is 19.1 Å². The highest BCUT2D eigenvalue weighted by Crippen LogP contribution is 2.37. The van der Waals surface area contributed by atoms with Crippen molar-refractivity contribution in [3.05, 3.63) is 77.1 Å². The van der Waals surface area contributed by atoms with Gasteiger partial charge in [0.15, 0.2) is 0 Å². The smallest absolute Gasteiger partial charge is 0.226 e. The molecule has 2 bridgehead atoms. The summed E-state index contributed by atoms with van der Waals surface area (Å²) < 4.78 is 7.89. The minimum Gasteiger partial charge on any atom is -0.487 e. The number of rotatable bonds is 3. The van der Waals surface area contributed by atoms with Gasteiger partial charge in [0.2, 0.25) is 5.91 Å². The molecule has 1 fully saturated rings. The average Bonchev–Trinajstić information content (AvgIpc) is 3.35. The third-order valence-electron chi connectivity index (χ3n) is 7.76. The molecule has 7 heteroatoms. The van der Waals surface area contributed by atoms with Crippen LogP contribution in [0.15, 0.2) is 54.7 Å². The van der Waals surface area contributed by atoms with Crippen molar-refractivity contribution in [2.75, 3.05) is 13.1 Å². The number of amides is 1. The summed E-state index contributed by atoms with van der Waals surface area (Å²) in [5.41, 5.74) is 4.15. The SMILES string of the molecule is CC(C)c1ccc(CN2CCC3(CCCn4cc(nn4)COc4ccccc4CNC3=O)CC2)cc1. The van der Waals surface area contributed by atoms with Gasteiger partial charge in [0, 0.05) is 25.2 Å². The number of carbonyl (C=O) groups excluding carboxylic acids is 1. The highest BCUT2D eigenvalue weighted by molar-refractivity contribution is 5.82. The second-order valence-corrected chi connectivity index (χ2v) is 10.6. The largest absolute Gasteiger partial charge is 0.487 e. The molecule has 0 unspecified atom stereocenters. The van der Waals surface area contributed by atoms with Gasteiger partial charge in [-0.25, -0.2) is 0 Å². The Morgan fingerprint density at radius 3 is 2.58 bits per heavy atom. The number of likely N-dealkylation sites (tertiary alicyclic amines) is 1. The first-order chi connectivity index (χ1) is 17.5. The van der Waals surface area contributed by atoms with Crippen molar-refractivity contribution < 1.29 is 9.53 Å². The van der Waals surface area contributed by atoms with Gasteiger partial charge in [0.25, 0.3) is 0 Å². The van der Waals surface area contributed by atoms with Gasteiger partial charge < -0.3 is 10.1 Å². The summed E-state index contributed by atoms with van der Waals surface area (Å²) in [6.45, 7) is 8.82. The topological polar surface area (TPSA) is 72.3 Å². The number of benzene rings is 2. The number of hydrogen-bond acceptors (Lipinski definition) is 5. The second-order valence-electron chi connectivity index (χ2n) is 10.6. The molecular weight excluding hydrogens is 450 g/mol. The molecule has 1 saturated heterocycles. The number of aryl methyl sites for hydroxylation is 1. The van der Waals surface area contributed by atoms with Crippen LogP contribution in [0.25, 0.3) is 0 Å². The number of nitrogens with zero attached hydrogens (tertiary/aromatic N) is 4. The number of carbonyl (C=O) groups is 1. The number of aromatic nitrogens is 3. The molecule has 3 aromatic rings. The van der Waals surface area contributed by atoms with Crippen molar-refractivity contribution in [3.8, 4) is 5.75 Å². The monoisotopic (exact) mass is 487 g/mol. The van der Waals surface area contributed by atoms with E-state index in [1.54, 1.807) is 0 Å². The van der Waals surface area contributed by atoms with Crippen LogP contribution < -0.4 is 10.1 Å². The molecule has 2 aliphatic rings. The van der Waals surface area contributed by atoms with Crippen molar-refractivity contribution in [2.45, 2.75) is 71.7 Å². The molecule has 7 nitrogen and oxygen atoms in total.